The van der Waals surface area contributed by atoms with Gasteiger partial charge in [-0.3, -0.25) is 4.79 Å². The number of hydrogen-bond donors (Lipinski definition) is 1. The second kappa shape index (κ2) is 9.13. The van der Waals surface area contributed by atoms with E-state index < -0.39 is 10.0 Å². The van der Waals surface area contributed by atoms with Crippen LogP contribution in [0, 0.1) is 6.92 Å². The molecule has 0 radical (unpaired) electrons. The van der Waals surface area contributed by atoms with E-state index in [1.807, 2.05) is 6.92 Å². The molecule has 1 fully saturated rings. The van der Waals surface area contributed by atoms with E-state index in [1.165, 1.54) is 34.3 Å². The third-order valence-corrected chi connectivity index (χ3v) is 8.54. The molecule has 5 nitrogen and oxygen atoms in total. The molecular weight excluding hydrogens is 408 g/mol. The number of aryl methyl sites for hydroxylation is 3. The molecule has 0 saturated carbocycles. The normalized spacial score (nSPS) is 17.9. The van der Waals surface area contributed by atoms with Crippen molar-refractivity contribution in [1.82, 2.24) is 9.62 Å². The van der Waals surface area contributed by atoms with Crippen LogP contribution in [0.4, 0.5) is 0 Å². The zero-order chi connectivity index (χ0) is 22.0. The maximum atomic E-state index is 13.2. The summed E-state index contributed by atoms with van der Waals surface area (Å²) in [5.41, 5.74) is 5.14. The number of nitrogens with one attached hydrogen (secondary N) is 1. The van der Waals surface area contributed by atoms with Crippen molar-refractivity contribution in [3.05, 3.63) is 64.2 Å². The molecule has 2 aliphatic rings. The Balaban J connectivity index is 1.57. The third kappa shape index (κ3) is 4.55. The SMILES string of the molecule is CC[C@H](NC(=O)c1cc(S(=O)(=O)N2CCCC2)ccc1C)c1ccc2c(c1)CCCC2. The Morgan fingerprint density at radius 1 is 1.00 bits per heavy atom. The first kappa shape index (κ1) is 22.0. The molecule has 2 aromatic carbocycles. The van der Waals surface area contributed by atoms with Gasteiger partial charge in [-0.2, -0.15) is 4.31 Å². The molecule has 1 aliphatic carbocycles. The van der Waals surface area contributed by atoms with E-state index in [-0.39, 0.29) is 16.8 Å². The van der Waals surface area contributed by atoms with Gasteiger partial charge >= 0.3 is 0 Å². The van der Waals surface area contributed by atoms with Crippen molar-refractivity contribution in [3.8, 4) is 0 Å². The van der Waals surface area contributed by atoms with Crippen LogP contribution in [-0.4, -0.2) is 31.7 Å². The van der Waals surface area contributed by atoms with E-state index in [9.17, 15) is 13.2 Å². The van der Waals surface area contributed by atoms with Crippen molar-refractivity contribution < 1.29 is 13.2 Å². The third-order valence-electron chi connectivity index (χ3n) is 6.64. The molecule has 1 heterocycles. The smallest absolute Gasteiger partial charge is 0.252 e. The maximum absolute atomic E-state index is 13.2. The average molecular weight is 441 g/mol. The van der Waals surface area contributed by atoms with Gasteiger partial charge in [0.05, 0.1) is 10.9 Å². The zero-order valence-corrected chi connectivity index (χ0v) is 19.3. The molecule has 0 spiro atoms. The summed E-state index contributed by atoms with van der Waals surface area (Å²) in [7, 11) is -3.55. The van der Waals surface area contributed by atoms with Crippen molar-refractivity contribution in [2.75, 3.05) is 13.1 Å². The molecular formula is C25H32N2O3S. The van der Waals surface area contributed by atoms with E-state index in [2.05, 4.69) is 30.4 Å². The summed E-state index contributed by atoms with van der Waals surface area (Å²) in [6.45, 7) is 5.01. The standard InChI is InChI=1S/C25H32N2O3S/c1-3-24(21-12-11-19-8-4-5-9-20(19)16-21)26-25(28)23-17-22(13-10-18(23)2)31(29,30)27-14-6-7-15-27/h10-13,16-17,24H,3-9,14-15H2,1-2H3,(H,26,28)/t24-/m0/s1. The van der Waals surface area contributed by atoms with Gasteiger partial charge < -0.3 is 5.32 Å². The molecule has 1 saturated heterocycles. The quantitative estimate of drug-likeness (QED) is 0.717. The fourth-order valence-electron chi connectivity index (χ4n) is 4.71. The van der Waals surface area contributed by atoms with Gasteiger partial charge in [0.15, 0.2) is 0 Å². The van der Waals surface area contributed by atoms with Gasteiger partial charge in [0.2, 0.25) is 10.0 Å². The highest BCUT2D eigenvalue weighted by Crippen LogP contribution is 2.27. The molecule has 1 atom stereocenters. The molecule has 31 heavy (non-hydrogen) atoms. The average Bonchev–Trinajstić information content (AvgIpc) is 3.33. The van der Waals surface area contributed by atoms with Crippen LogP contribution in [0.1, 0.15) is 77.7 Å². The molecule has 0 aromatic heterocycles. The summed E-state index contributed by atoms with van der Waals surface area (Å²) in [5.74, 6) is -0.222. The lowest BCUT2D eigenvalue weighted by Crippen LogP contribution is -2.30. The van der Waals surface area contributed by atoms with Crippen LogP contribution in [-0.2, 0) is 22.9 Å². The van der Waals surface area contributed by atoms with Gasteiger partial charge in [-0.1, -0.05) is 31.2 Å². The molecule has 0 unspecified atom stereocenters. The minimum Gasteiger partial charge on any atom is -0.345 e. The number of sulfonamides is 1. The number of amides is 1. The number of carbonyl (C=O) groups is 1. The lowest BCUT2D eigenvalue weighted by Gasteiger charge is -2.22. The van der Waals surface area contributed by atoms with E-state index in [4.69, 9.17) is 0 Å². The number of rotatable bonds is 6. The van der Waals surface area contributed by atoms with Gasteiger partial charge in [-0.25, -0.2) is 8.42 Å². The highest BCUT2D eigenvalue weighted by atomic mass is 32.2. The minimum absolute atomic E-state index is 0.0991. The fourth-order valence-corrected chi connectivity index (χ4v) is 6.25. The highest BCUT2D eigenvalue weighted by molar-refractivity contribution is 7.89. The van der Waals surface area contributed by atoms with E-state index >= 15 is 0 Å². The maximum Gasteiger partial charge on any atom is 0.252 e. The fraction of sp³-hybridized carbons (Fsp3) is 0.480. The van der Waals surface area contributed by atoms with Crippen LogP contribution in [0.15, 0.2) is 41.3 Å². The monoisotopic (exact) mass is 440 g/mol. The summed E-state index contributed by atoms with van der Waals surface area (Å²) < 4.78 is 27.4. The molecule has 2 aromatic rings. The molecule has 4 rings (SSSR count). The number of benzene rings is 2. The van der Waals surface area contributed by atoms with Crippen LogP contribution in [0.3, 0.4) is 0 Å². The molecule has 6 heteroatoms. The van der Waals surface area contributed by atoms with E-state index in [0.717, 1.165) is 43.2 Å². The van der Waals surface area contributed by atoms with Crippen molar-refractivity contribution >= 4 is 15.9 Å². The Hall–Kier alpha value is -2.18. The van der Waals surface area contributed by atoms with Crippen LogP contribution >= 0.6 is 0 Å². The summed E-state index contributed by atoms with van der Waals surface area (Å²) >= 11 is 0. The van der Waals surface area contributed by atoms with Gasteiger partial charge in [-0.05, 0) is 86.3 Å². The molecule has 166 valence electrons. The van der Waals surface area contributed by atoms with Crippen LogP contribution in [0.25, 0.3) is 0 Å². The number of hydrogen-bond acceptors (Lipinski definition) is 3. The predicted molar refractivity (Wildman–Crippen MR) is 123 cm³/mol. The first-order valence-corrected chi connectivity index (χ1v) is 12.9. The molecule has 1 amide bonds. The van der Waals surface area contributed by atoms with Crippen LogP contribution in [0.5, 0.6) is 0 Å². The van der Waals surface area contributed by atoms with Gasteiger partial charge in [-0.15, -0.1) is 0 Å². The van der Waals surface area contributed by atoms with Crippen molar-refractivity contribution in [2.24, 2.45) is 0 Å². The first-order valence-electron chi connectivity index (χ1n) is 11.4. The molecule has 1 aliphatic heterocycles. The van der Waals surface area contributed by atoms with Crippen molar-refractivity contribution in [2.45, 2.75) is 69.7 Å². The van der Waals surface area contributed by atoms with E-state index in [0.29, 0.717) is 18.7 Å². The van der Waals surface area contributed by atoms with Crippen molar-refractivity contribution in [3.63, 3.8) is 0 Å². The first-order chi connectivity index (χ1) is 14.9. The summed E-state index contributed by atoms with van der Waals surface area (Å²) in [4.78, 5) is 13.4. The Bertz CT molecular complexity index is 1070. The highest BCUT2D eigenvalue weighted by Gasteiger charge is 2.28. The van der Waals surface area contributed by atoms with Crippen LogP contribution < -0.4 is 5.32 Å². The lowest BCUT2D eigenvalue weighted by molar-refractivity contribution is 0.0934. The van der Waals surface area contributed by atoms with Crippen molar-refractivity contribution in [1.29, 1.82) is 0 Å². The number of nitrogens with zero attached hydrogens (tertiary/aromatic N) is 1. The number of fused-ring (bicyclic) bond motifs is 1. The molecule has 1 N–H and O–H groups in total. The Morgan fingerprint density at radius 2 is 1.71 bits per heavy atom. The van der Waals surface area contributed by atoms with Gasteiger partial charge in [0.1, 0.15) is 0 Å². The summed E-state index contributed by atoms with van der Waals surface area (Å²) in [6.07, 6.45) is 7.25. The molecule has 0 bridgehead atoms. The van der Waals surface area contributed by atoms with Gasteiger partial charge in [0.25, 0.3) is 5.91 Å². The Labute approximate surface area is 185 Å². The second-order valence-corrected chi connectivity index (χ2v) is 10.7. The summed E-state index contributed by atoms with van der Waals surface area (Å²) in [6, 6.07) is 11.4. The summed E-state index contributed by atoms with van der Waals surface area (Å²) in [5, 5.41) is 3.15. The second-order valence-electron chi connectivity index (χ2n) is 8.76. The minimum atomic E-state index is -3.55. The number of carbonyl (C=O) groups excluding carboxylic acids is 1. The van der Waals surface area contributed by atoms with Gasteiger partial charge in [0, 0.05) is 18.7 Å². The predicted octanol–water partition coefficient (Wildman–Crippen LogP) is 4.54. The lowest BCUT2D eigenvalue weighted by atomic mass is 9.88. The zero-order valence-electron chi connectivity index (χ0n) is 18.5. The van der Waals surface area contributed by atoms with Crippen LogP contribution in [0.2, 0.25) is 0 Å². The largest absolute Gasteiger partial charge is 0.345 e. The Kier molecular flexibility index (Phi) is 6.49. The topological polar surface area (TPSA) is 66.5 Å². The van der Waals surface area contributed by atoms with E-state index in [1.54, 1.807) is 12.1 Å². The Morgan fingerprint density at radius 3 is 2.42 bits per heavy atom.